The molecule has 1 aliphatic rings. The lowest BCUT2D eigenvalue weighted by atomic mass is 10.1. The van der Waals surface area contributed by atoms with Gasteiger partial charge in [-0.3, -0.25) is 0 Å². The molecule has 1 aromatic carbocycles. The lowest BCUT2D eigenvalue weighted by Crippen LogP contribution is -2.30. The SMILES string of the molecule is Nc1ccc(F)cc1S(=O)(=O)NCC1CCS(=O)(=O)C1. The fourth-order valence-corrected chi connectivity index (χ4v) is 5.20. The van der Waals surface area contributed by atoms with Crippen molar-refractivity contribution in [3.63, 3.8) is 0 Å². The molecule has 1 unspecified atom stereocenters. The Bertz CT molecular complexity index is 716. The summed E-state index contributed by atoms with van der Waals surface area (Å²) < 4.78 is 62.0. The van der Waals surface area contributed by atoms with E-state index in [9.17, 15) is 21.2 Å². The van der Waals surface area contributed by atoms with Crippen LogP contribution in [0.4, 0.5) is 10.1 Å². The van der Waals surface area contributed by atoms with Gasteiger partial charge < -0.3 is 5.73 Å². The van der Waals surface area contributed by atoms with Crippen LogP contribution in [0.3, 0.4) is 0 Å². The van der Waals surface area contributed by atoms with E-state index in [1.807, 2.05) is 0 Å². The monoisotopic (exact) mass is 322 g/mol. The topological polar surface area (TPSA) is 106 Å². The van der Waals surface area contributed by atoms with E-state index in [4.69, 9.17) is 5.73 Å². The second kappa shape index (κ2) is 5.30. The molecular weight excluding hydrogens is 307 g/mol. The summed E-state index contributed by atoms with van der Waals surface area (Å²) in [5, 5.41) is 0. The van der Waals surface area contributed by atoms with Crippen LogP contribution >= 0.6 is 0 Å². The quantitative estimate of drug-likeness (QED) is 0.766. The highest BCUT2D eigenvalue weighted by Crippen LogP contribution is 2.21. The number of anilines is 1. The number of hydrogen-bond acceptors (Lipinski definition) is 5. The van der Waals surface area contributed by atoms with Gasteiger partial charge in [-0.15, -0.1) is 0 Å². The zero-order chi connectivity index (χ0) is 15.0. The van der Waals surface area contributed by atoms with E-state index in [0.717, 1.165) is 12.1 Å². The van der Waals surface area contributed by atoms with Crippen molar-refractivity contribution in [3.8, 4) is 0 Å². The third kappa shape index (κ3) is 3.47. The molecule has 2 rings (SSSR count). The first-order valence-corrected chi connectivity index (χ1v) is 9.25. The highest BCUT2D eigenvalue weighted by atomic mass is 32.2. The van der Waals surface area contributed by atoms with Crippen molar-refractivity contribution in [2.24, 2.45) is 5.92 Å². The van der Waals surface area contributed by atoms with Crippen LogP contribution in [0.15, 0.2) is 23.1 Å². The molecular formula is C11H15FN2O4S2. The highest BCUT2D eigenvalue weighted by molar-refractivity contribution is 7.91. The normalized spacial score (nSPS) is 21.9. The number of benzene rings is 1. The van der Waals surface area contributed by atoms with Crippen LogP contribution in [0, 0.1) is 11.7 Å². The molecule has 1 aliphatic heterocycles. The highest BCUT2D eigenvalue weighted by Gasteiger charge is 2.29. The van der Waals surface area contributed by atoms with E-state index in [-0.39, 0.29) is 34.6 Å². The molecule has 3 N–H and O–H groups in total. The van der Waals surface area contributed by atoms with Gasteiger partial charge in [0, 0.05) is 6.54 Å². The maximum Gasteiger partial charge on any atom is 0.242 e. The van der Waals surface area contributed by atoms with Gasteiger partial charge in [-0.25, -0.2) is 25.9 Å². The summed E-state index contributed by atoms with van der Waals surface area (Å²) in [6, 6.07) is 3.07. The number of sulfonamides is 1. The maximum absolute atomic E-state index is 13.1. The van der Waals surface area contributed by atoms with Crippen molar-refractivity contribution in [2.45, 2.75) is 11.3 Å². The van der Waals surface area contributed by atoms with Gasteiger partial charge in [0.05, 0.1) is 17.2 Å². The molecule has 1 fully saturated rings. The molecule has 1 atom stereocenters. The lowest BCUT2D eigenvalue weighted by molar-refractivity contribution is 0.542. The molecule has 0 radical (unpaired) electrons. The average molecular weight is 322 g/mol. The predicted molar refractivity (Wildman–Crippen MR) is 72.8 cm³/mol. The second-order valence-corrected chi connectivity index (χ2v) is 8.77. The Morgan fingerprint density at radius 2 is 2.10 bits per heavy atom. The van der Waals surface area contributed by atoms with Crippen LogP contribution in [0.2, 0.25) is 0 Å². The zero-order valence-corrected chi connectivity index (χ0v) is 12.2. The largest absolute Gasteiger partial charge is 0.398 e. The summed E-state index contributed by atoms with van der Waals surface area (Å²) in [5.74, 6) is -0.928. The van der Waals surface area contributed by atoms with Crippen LogP contribution < -0.4 is 10.5 Å². The van der Waals surface area contributed by atoms with E-state index in [2.05, 4.69) is 4.72 Å². The van der Waals surface area contributed by atoms with Gasteiger partial charge in [0.1, 0.15) is 10.7 Å². The zero-order valence-electron chi connectivity index (χ0n) is 10.5. The Kier molecular flexibility index (Phi) is 4.03. The number of rotatable bonds is 4. The molecule has 0 amide bonds. The first-order chi connectivity index (χ1) is 9.20. The summed E-state index contributed by atoms with van der Waals surface area (Å²) >= 11 is 0. The molecule has 6 nitrogen and oxygen atoms in total. The van der Waals surface area contributed by atoms with E-state index < -0.39 is 25.7 Å². The standard InChI is InChI=1S/C11H15FN2O4S2/c12-9-1-2-10(13)11(5-9)20(17,18)14-6-8-3-4-19(15,16)7-8/h1-2,5,8,14H,3-4,6-7,13H2. The van der Waals surface area contributed by atoms with Crippen molar-refractivity contribution >= 4 is 25.5 Å². The summed E-state index contributed by atoms with van der Waals surface area (Å²) in [5.41, 5.74) is 5.46. The first kappa shape index (κ1) is 15.2. The number of hydrogen-bond donors (Lipinski definition) is 2. The van der Waals surface area contributed by atoms with Crippen LogP contribution in [0.25, 0.3) is 0 Å². The predicted octanol–water partition coefficient (Wildman–Crippen LogP) is 0.121. The molecule has 1 aromatic rings. The van der Waals surface area contributed by atoms with Crippen molar-refractivity contribution in [1.82, 2.24) is 4.72 Å². The van der Waals surface area contributed by atoms with E-state index >= 15 is 0 Å². The van der Waals surface area contributed by atoms with Crippen molar-refractivity contribution in [2.75, 3.05) is 23.8 Å². The van der Waals surface area contributed by atoms with Crippen molar-refractivity contribution in [3.05, 3.63) is 24.0 Å². The molecule has 0 saturated carbocycles. The minimum Gasteiger partial charge on any atom is -0.398 e. The third-order valence-corrected chi connectivity index (χ3v) is 6.47. The van der Waals surface area contributed by atoms with E-state index in [0.29, 0.717) is 6.42 Å². The minimum atomic E-state index is -3.95. The maximum atomic E-state index is 13.1. The average Bonchev–Trinajstić information content (AvgIpc) is 2.70. The number of halogens is 1. The molecule has 0 aliphatic carbocycles. The van der Waals surface area contributed by atoms with E-state index in [1.54, 1.807) is 0 Å². The Balaban J connectivity index is 2.10. The molecule has 20 heavy (non-hydrogen) atoms. The van der Waals surface area contributed by atoms with Gasteiger partial charge in [-0.1, -0.05) is 0 Å². The summed E-state index contributed by atoms with van der Waals surface area (Å²) in [6.45, 7) is -0.00246. The van der Waals surface area contributed by atoms with Crippen LogP contribution in [0.5, 0.6) is 0 Å². The van der Waals surface area contributed by atoms with Gasteiger partial charge in [0.2, 0.25) is 10.0 Å². The van der Waals surface area contributed by atoms with Gasteiger partial charge in [-0.2, -0.15) is 0 Å². The second-order valence-electron chi connectivity index (χ2n) is 4.80. The van der Waals surface area contributed by atoms with Crippen LogP contribution in [-0.2, 0) is 19.9 Å². The number of nitrogens with two attached hydrogens (primary N) is 1. The molecule has 0 spiro atoms. The Hall–Kier alpha value is -1.19. The molecule has 0 aromatic heterocycles. The molecule has 9 heteroatoms. The fourth-order valence-electron chi connectivity index (χ4n) is 2.08. The lowest BCUT2D eigenvalue weighted by Gasteiger charge is -2.12. The number of nitrogen functional groups attached to an aromatic ring is 1. The summed E-state index contributed by atoms with van der Waals surface area (Å²) in [7, 11) is -7.01. The van der Waals surface area contributed by atoms with E-state index in [1.165, 1.54) is 6.07 Å². The smallest absolute Gasteiger partial charge is 0.242 e. The van der Waals surface area contributed by atoms with Crippen LogP contribution in [-0.4, -0.2) is 34.9 Å². The summed E-state index contributed by atoms with van der Waals surface area (Å²) in [6.07, 6.45) is 0.420. The van der Waals surface area contributed by atoms with Gasteiger partial charge in [0.15, 0.2) is 9.84 Å². The number of nitrogens with one attached hydrogen (secondary N) is 1. The Morgan fingerprint density at radius 3 is 2.70 bits per heavy atom. The first-order valence-electron chi connectivity index (χ1n) is 5.95. The number of sulfone groups is 1. The van der Waals surface area contributed by atoms with Crippen molar-refractivity contribution < 1.29 is 21.2 Å². The molecule has 0 bridgehead atoms. The van der Waals surface area contributed by atoms with Gasteiger partial charge in [0.25, 0.3) is 0 Å². The van der Waals surface area contributed by atoms with Gasteiger partial charge >= 0.3 is 0 Å². The minimum absolute atomic E-state index is 0.00246. The Morgan fingerprint density at radius 1 is 1.40 bits per heavy atom. The van der Waals surface area contributed by atoms with Gasteiger partial charge in [-0.05, 0) is 30.5 Å². The summed E-state index contributed by atoms with van der Waals surface area (Å²) in [4.78, 5) is -0.335. The molecule has 1 heterocycles. The third-order valence-electron chi connectivity index (χ3n) is 3.15. The molecule has 1 saturated heterocycles. The van der Waals surface area contributed by atoms with Crippen LogP contribution in [0.1, 0.15) is 6.42 Å². The Labute approximate surface area is 117 Å². The fraction of sp³-hybridized carbons (Fsp3) is 0.455. The molecule has 112 valence electrons. The van der Waals surface area contributed by atoms with Crippen molar-refractivity contribution in [1.29, 1.82) is 0 Å².